The molecule has 0 aliphatic heterocycles. The van der Waals surface area contributed by atoms with Crippen LogP contribution in [0.5, 0.6) is 0 Å². The van der Waals surface area contributed by atoms with Crippen LogP contribution in [0.1, 0.15) is 17.3 Å². The number of hydrogen-bond acceptors (Lipinski definition) is 4. The first-order chi connectivity index (χ1) is 11.2. The number of benzene rings is 2. The molecule has 6 nitrogen and oxygen atoms in total. The van der Waals surface area contributed by atoms with Crippen LogP contribution in [0.25, 0.3) is 11.4 Å². The highest BCUT2D eigenvalue weighted by Gasteiger charge is 2.12. The maximum absolute atomic E-state index is 12.5. The minimum atomic E-state index is -0.186. The SMILES string of the molecule is CCn1nnnc1-c1cccc(C(=O)Nc2ccccc2Br)c1. The van der Waals surface area contributed by atoms with Crippen molar-refractivity contribution in [2.24, 2.45) is 0 Å². The Morgan fingerprint density at radius 3 is 2.83 bits per heavy atom. The number of rotatable bonds is 4. The number of para-hydroxylation sites is 1. The van der Waals surface area contributed by atoms with E-state index in [1.807, 2.05) is 43.3 Å². The highest BCUT2D eigenvalue weighted by Crippen LogP contribution is 2.23. The van der Waals surface area contributed by atoms with E-state index in [0.717, 1.165) is 15.7 Å². The quantitative estimate of drug-likeness (QED) is 0.762. The third-order valence-corrected chi connectivity index (χ3v) is 4.03. The molecule has 0 saturated carbocycles. The van der Waals surface area contributed by atoms with E-state index in [1.165, 1.54) is 0 Å². The highest BCUT2D eigenvalue weighted by molar-refractivity contribution is 9.10. The number of aromatic nitrogens is 4. The van der Waals surface area contributed by atoms with Gasteiger partial charge in [0.1, 0.15) is 0 Å². The predicted molar refractivity (Wildman–Crippen MR) is 91.0 cm³/mol. The summed E-state index contributed by atoms with van der Waals surface area (Å²) in [7, 11) is 0. The van der Waals surface area contributed by atoms with Crippen LogP contribution in [-0.2, 0) is 6.54 Å². The second-order valence-electron chi connectivity index (χ2n) is 4.83. The van der Waals surface area contributed by atoms with Crippen LogP contribution in [-0.4, -0.2) is 26.1 Å². The Morgan fingerprint density at radius 1 is 1.22 bits per heavy atom. The van der Waals surface area contributed by atoms with Gasteiger partial charge in [0.2, 0.25) is 0 Å². The first-order valence-electron chi connectivity index (χ1n) is 7.11. The normalized spacial score (nSPS) is 10.5. The van der Waals surface area contributed by atoms with Gasteiger partial charge in [0, 0.05) is 22.1 Å². The molecule has 2 aromatic carbocycles. The van der Waals surface area contributed by atoms with Crippen LogP contribution in [0.4, 0.5) is 5.69 Å². The number of halogens is 1. The molecule has 7 heteroatoms. The average molecular weight is 372 g/mol. The summed E-state index contributed by atoms with van der Waals surface area (Å²) in [5.74, 6) is 0.456. The molecule has 1 aromatic heterocycles. The third kappa shape index (κ3) is 3.29. The summed E-state index contributed by atoms with van der Waals surface area (Å²) < 4.78 is 2.52. The third-order valence-electron chi connectivity index (χ3n) is 3.34. The van der Waals surface area contributed by atoms with E-state index >= 15 is 0 Å². The molecule has 0 fully saturated rings. The van der Waals surface area contributed by atoms with Crippen LogP contribution in [0.3, 0.4) is 0 Å². The van der Waals surface area contributed by atoms with Gasteiger partial charge in [-0.15, -0.1) is 5.10 Å². The molecule has 0 atom stereocenters. The topological polar surface area (TPSA) is 72.7 Å². The van der Waals surface area contributed by atoms with Crippen molar-refractivity contribution >= 4 is 27.5 Å². The van der Waals surface area contributed by atoms with E-state index in [-0.39, 0.29) is 5.91 Å². The zero-order valence-electron chi connectivity index (χ0n) is 12.4. The van der Waals surface area contributed by atoms with Gasteiger partial charge in [0.15, 0.2) is 5.82 Å². The smallest absolute Gasteiger partial charge is 0.255 e. The van der Waals surface area contributed by atoms with Crippen molar-refractivity contribution in [3.63, 3.8) is 0 Å². The van der Waals surface area contributed by atoms with Crippen LogP contribution < -0.4 is 5.32 Å². The van der Waals surface area contributed by atoms with E-state index in [1.54, 1.807) is 16.8 Å². The molecule has 1 N–H and O–H groups in total. The molecule has 116 valence electrons. The maximum Gasteiger partial charge on any atom is 0.255 e. The molecular formula is C16H14BrN5O. The Balaban J connectivity index is 1.88. The standard InChI is InChI=1S/C16H14BrN5O/c1-2-22-15(19-20-21-22)11-6-5-7-12(10-11)16(23)18-14-9-4-3-8-13(14)17/h3-10H,2H2,1H3,(H,18,23). The van der Waals surface area contributed by atoms with Gasteiger partial charge >= 0.3 is 0 Å². The molecule has 0 bridgehead atoms. The summed E-state index contributed by atoms with van der Waals surface area (Å²) in [5.41, 5.74) is 2.07. The van der Waals surface area contributed by atoms with Crippen LogP contribution in [0.15, 0.2) is 53.0 Å². The maximum atomic E-state index is 12.5. The summed E-state index contributed by atoms with van der Waals surface area (Å²) in [6.45, 7) is 2.62. The Labute approximate surface area is 141 Å². The van der Waals surface area contributed by atoms with Crippen LogP contribution in [0.2, 0.25) is 0 Å². The van der Waals surface area contributed by atoms with Gasteiger partial charge in [-0.1, -0.05) is 24.3 Å². The van der Waals surface area contributed by atoms with Gasteiger partial charge in [-0.2, -0.15) is 0 Å². The second kappa shape index (κ2) is 6.70. The van der Waals surface area contributed by atoms with Gasteiger partial charge in [-0.3, -0.25) is 4.79 Å². The molecule has 0 unspecified atom stereocenters. The zero-order valence-corrected chi connectivity index (χ0v) is 14.0. The fourth-order valence-corrected chi connectivity index (χ4v) is 2.56. The molecule has 3 aromatic rings. The largest absolute Gasteiger partial charge is 0.321 e. The average Bonchev–Trinajstić information content (AvgIpc) is 3.06. The molecule has 1 heterocycles. The summed E-state index contributed by atoms with van der Waals surface area (Å²) in [6.07, 6.45) is 0. The molecule has 1 amide bonds. The van der Waals surface area contributed by atoms with Crippen LogP contribution in [0, 0.1) is 0 Å². The lowest BCUT2D eigenvalue weighted by Crippen LogP contribution is -2.12. The Hall–Kier alpha value is -2.54. The van der Waals surface area contributed by atoms with Gasteiger partial charge in [-0.05, 0) is 57.5 Å². The lowest BCUT2D eigenvalue weighted by molar-refractivity contribution is 0.102. The van der Waals surface area contributed by atoms with Crippen molar-refractivity contribution in [1.82, 2.24) is 20.2 Å². The summed E-state index contributed by atoms with van der Waals surface area (Å²) >= 11 is 3.42. The Kier molecular flexibility index (Phi) is 4.47. The van der Waals surface area contributed by atoms with Crippen LogP contribution >= 0.6 is 15.9 Å². The molecule has 0 aliphatic carbocycles. The summed E-state index contributed by atoms with van der Waals surface area (Å²) in [6, 6.07) is 14.7. The number of carbonyl (C=O) groups is 1. The van der Waals surface area contributed by atoms with Crippen molar-refractivity contribution in [1.29, 1.82) is 0 Å². The van der Waals surface area contributed by atoms with E-state index in [0.29, 0.717) is 17.9 Å². The number of nitrogens with zero attached hydrogens (tertiary/aromatic N) is 4. The molecule has 23 heavy (non-hydrogen) atoms. The van der Waals surface area contributed by atoms with Gasteiger partial charge in [0.05, 0.1) is 5.69 Å². The van der Waals surface area contributed by atoms with Crippen molar-refractivity contribution in [2.75, 3.05) is 5.32 Å². The molecule has 0 aliphatic rings. The number of carbonyl (C=O) groups excluding carboxylic acids is 1. The minimum Gasteiger partial charge on any atom is -0.321 e. The zero-order chi connectivity index (χ0) is 16.2. The fourth-order valence-electron chi connectivity index (χ4n) is 2.18. The molecule has 3 rings (SSSR count). The fraction of sp³-hybridized carbons (Fsp3) is 0.125. The predicted octanol–water partition coefficient (Wildman–Crippen LogP) is 3.37. The number of nitrogens with one attached hydrogen (secondary N) is 1. The van der Waals surface area contributed by atoms with Crippen molar-refractivity contribution in [2.45, 2.75) is 13.5 Å². The number of aryl methyl sites for hydroxylation is 1. The van der Waals surface area contributed by atoms with Gasteiger partial charge in [-0.25, -0.2) is 4.68 Å². The Bertz CT molecular complexity index is 846. The van der Waals surface area contributed by atoms with Crippen molar-refractivity contribution < 1.29 is 4.79 Å². The van der Waals surface area contributed by atoms with E-state index in [4.69, 9.17) is 0 Å². The molecule has 0 saturated heterocycles. The summed E-state index contributed by atoms with van der Waals surface area (Å²) in [4.78, 5) is 12.5. The highest BCUT2D eigenvalue weighted by atomic mass is 79.9. The lowest BCUT2D eigenvalue weighted by atomic mass is 10.1. The van der Waals surface area contributed by atoms with E-state index in [2.05, 4.69) is 36.8 Å². The number of tetrazole rings is 1. The van der Waals surface area contributed by atoms with Gasteiger partial charge < -0.3 is 5.32 Å². The molecule has 0 spiro atoms. The lowest BCUT2D eigenvalue weighted by Gasteiger charge is -2.08. The van der Waals surface area contributed by atoms with E-state index in [9.17, 15) is 4.79 Å². The molecular weight excluding hydrogens is 358 g/mol. The number of hydrogen-bond donors (Lipinski definition) is 1. The summed E-state index contributed by atoms with van der Waals surface area (Å²) in [5, 5.41) is 14.5. The first kappa shape index (κ1) is 15.4. The monoisotopic (exact) mass is 371 g/mol. The van der Waals surface area contributed by atoms with E-state index < -0.39 is 0 Å². The Morgan fingerprint density at radius 2 is 2.04 bits per heavy atom. The number of anilines is 1. The molecule has 0 radical (unpaired) electrons. The van der Waals surface area contributed by atoms with Crippen molar-refractivity contribution in [3.05, 3.63) is 58.6 Å². The first-order valence-corrected chi connectivity index (χ1v) is 7.91. The second-order valence-corrected chi connectivity index (χ2v) is 5.69. The van der Waals surface area contributed by atoms with Gasteiger partial charge in [0.25, 0.3) is 5.91 Å². The van der Waals surface area contributed by atoms with Crippen molar-refractivity contribution in [3.8, 4) is 11.4 Å². The number of amides is 1. The minimum absolute atomic E-state index is 0.186.